The van der Waals surface area contributed by atoms with Crippen LogP contribution in [-0.4, -0.2) is 46.1 Å². The fourth-order valence-corrected chi connectivity index (χ4v) is 5.83. The largest absolute Gasteiger partial charge is 0.373 e. The summed E-state index contributed by atoms with van der Waals surface area (Å²) >= 11 is 0. The Labute approximate surface area is 248 Å². The van der Waals surface area contributed by atoms with Crippen molar-refractivity contribution in [1.29, 1.82) is 0 Å². The predicted octanol–water partition coefficient (Wildman–Crippen LogP) is 4.82. The van der Waals surface area contributed by atoms with Crippen LogP contribution in [0.25, 0.3) is 10.9 Å². The van der Waals surface area contributed by atoms with Gasteiger partial charge in [0, 0.05) is 45.1 Å². The number of fused-ring (bicyclic) bond motifs is 1. The molecule has 3 aromatic rings. The van der Waals surface area contributed by atoms with Crippen LogP contribution in [0.3, 0.4) is 0 Å². The number of amides is 1. The molecule has 0 spiro atoms. The first-order valence-corrected chi connectivity index (χ1v) is 14.3. The third kappa shape index (κ3) is 5.61. The molecule has 1 aliphatic carbocycles. The number of methoxy groups -OCH3 is 1. The molecule has 11 heteroatoms. The maximum atomic E-state index is 15.1. The summed E-state index contributed by atoms with van der Waals surface area (Å²) in [7, 11) is 3.20. The highest BCUT2D eigenvalue weighted by molar-refractivity contribution is 5.95. The Morgan fingerprint density at radius 3 is 2.42 bits per heavy atom. The van der Waals surface area contributed by atoms with Gasteiger partial charge in [-0.05, 0) is 45.6 Å². The van der Waals surface area contributed by atoms with Gasteiger partial charge >= 0.3 is 0 Å². The molecule has 228 valence electrons. The maximum absolute atomic E-state index is 15.1. The van der Waals surface area contributed by atoms with Crippen molar-refractivity contribution in [1.82, 2.24) is 14.5 Å². The van der Waals surface area contributed by atoms with E-state index in [9.17, 15) is 18.4 Å². The molecule has 1 saturated carbocycles. The molecule has 3 N–H and O–H groups in total. The summed E-state index contributed by atoms with van der Waals surface area (Å²) in [5, 5.41) is 3.75. The normalized spacial score (nSPS) is 17.9. The van der Waals surface area contributed by atoms with Crippen LogP contribution < -0.4 is 16.6 Å². The molecule has 1 aromatic carbocycles. The van der Waals surface area contributed by atoms with Gasteiger partial charge < -0.3 is 25.3 Å². The van der Waals surface area contributed by atoms with Crippen LogP contribution in [-0.2, 0) is 22.2 Å². The lowest BCUT2D eigenvalue weighted by molar-refractivity contribution is -0.135. The van der Waals surface area contributed by atoms with Gasteiger partial charge in [0.1, 0.15) is 17.2 Å². The quantitative estimate of drug-likeness (QED) is 0.397. The monoisotopic (exact) mass is 595 g/mol. The fourth-order valence-electron chi connectivity index (χ4n) is 5.83. The Balaban J connectivity index is 1.69. The number of nitrogens with zero attached hydrogens (tertiary/aromatic N) is 3. The number of aryl methyl sites for hydroxylation is 2. The Bertz CT molecular complexity index is 1710. The van der Waals surface area contributed by atoms with Crippen molar-refractivity contribution in [2.75, 3.05) is 25.5 Å². The molecule has 3 heterocycles. The molecule has 8 nitrogen and oxygen atoms in total. The number of benzene rings is 1. The van der Waals surface area contributed by atoms with E-state index in [0.29, 0.717) is 59.5 Å². The molecule has 2 fully saturated rings. The number of halogens is 3. The smallest absolute Gasteiger partial charge is 0.266 e. The molecular formula is C32H36F3N5O3. The van der Waals surface area contributed by atoms with E-state index in [0.717, 1.165) is 18.9 Å². The summed E-state index contributed by atoms with van der Waals surface area (Å²) in [5.41, 5.74) is 5.81. The average molecular weight is 596 g/mol. The Morgan fingerprint density at radius 2 is 1.84 bits per heavy atom. The predicted molar refractivity (Wildman–Crippen MR) is 158 cm³/mol. The zero-order valence-electron chi connectivity index (χ0n) is 25.0. The molecule has 43 heavy (non-hydrogen) atoms. The minimum atomic E-state index is -2.96. The number of carbonyl (C=O) groups is 1. The minimum Gasteiger partial charge on any atom is -0.373 e. The second kappa shape index (κ2) is 11.3. The van der Waals surface area contributed by atoms with Crippen molar-refractivity contribution in [3.05, 3.63) is 68.4 Å². The molecular weight excluding hydrogens is 559 g/mol. The number of hydrogen-bond acceptors (Lipinski definition) is 6. The summed E-state index contributed by atoms with van der Waals surface area (Å²) in [5.74, 6) is 5.59. The van der Waals surface area contributed by atoms with Crippen molar-refractivity contribution in [2.24, 2.45) is 12.8 Å². The number of pyridine rings is 2. The van der Waals surface area contributed by atoms with E-state index in [4.69, 9.17) is 15.5 Å². The number of aromatic nitrogens is 2. The standard InChI is InChI=1S/C32H36F3N5O3/c1-18(21-7-6-8-23(26(21)33)28(34)35)37-29-24-17-25(32(43-5)13-15-40(16-14-32)20(3)41)30(42)39(4)27(24)22(19(2)38-29)9-10-31(36)11-12-31/h6-8,17-18,28H,11-16,36H2,1-5H3,(H,37,38)/t18-/m1/s1. The Kier molecular flexibility index (Phi) is 8.05. The highest BCUT2D eigenvalue weighted by atomic mass is 19.3. The number of piperidine rings is 1. The molecule has 1 amide bonds. The summed E-state index contributed by atoms with van der Waals surface area (Å²) in [6.45, 7) is 5.78. The number of likely N-dealkylation sites (tertiary alicyclic amines) is 1. The van der Waals surface area contributed by atoms with Gasteiger partial charge in [0.25, 0.3) is 12.0 Å². The third-order valence-corrected chi connectivity index (χ3v) is 8.78. The number of nitrogens with two attached hydrogens (primary N) is 1. The van der Waals surface area contributed by atoms with Gasteiger partial charge in [-0.15, -0.1) is 0 Å². The molecule has 0 unspecified atom stereocenters. The number of alkyl halides is 2. The molecule has 5 rings (SSSR count). The van der Waals surface area contributed by atoms with E-state index in [1.807, 2.05) is 0 Å². The van der Waals surface area contributed by atoms with Crippen LogP contribution in [0.15, 0.2) is 29.1 Å². The maximum Gasteiger partial charge on any atom is 0.266 e. The molecule has 2 aliphatic rings. The zero-order chi connectivity index (χ0) is 31.3. The first kappa shape index (κ1) is 30.6. The van der Waals surface area contributed by atoms with Crippen molar-refractivity contribution in [3.8, 4) is 11.8 Å². The summed E-state index contributed by atoms with van der Waals surface area (Å²) in [4.78, 5) is 32.5. The number of hydrogen-bond donors (Lipinski definition) is 2. The van der Waals surface area contributed by atoms with E-state index in [2.05, 4.69) is 17.2 Å². The van der Waals surface area contributed by atoms with E-state index < -0.39 is 35.0 Å². The zero-order valence-corrected chi connectivity index (χ0v) is 25.0. The molecule has 1 saturated heterocycles. The summed E-state index contributed by atoms with van der Waals surface area (Å²) in [6.07, 6.45) is -0.574. The highest BCUT2D eigenvalue weighted by Crippen LogP contribution is 2.39. The number of nitrogens with one attached hydrogen (secondary N) is 1. The van der Waals surface area contributed by atoms with Gasteiger partial charge in [0.15, 0.2) is 0 Å². The van der Waals surface area contributed by atoms with Crippen LogP contribution in [0, 0.1) is 24.6 Å². The van der Waals surface area contributed by atoms with Gasteiger partial charge in [-0.3, -0.25) is 9.59 Å². The van der Waals surface area contributed by atoms with Crippen LogP contribution in [0.4, 0.5) is 19.0 Å². The van der Waals surface area contributed by atoms with Crippen molar-refractivity contribution in [2.45, 2.75) is 70.1 Å². The van der Waals surface area contributed by atoms with Crippen LogP contribution in [0.2, 0.25) is 0 Å². The van der Waals surface area contributed by atoms with E-state index in [1.54, 1.807) is 39.0 Å². The average Bonchev–Trinajstić information content (AvgIpc) is 3.71. The first-order valence-electron chi connectivity index (χ1n) is 14.3. The van der Waals surface area contributed by atoms with Gasteiger partial charge in [0.2, 0.25) is 5.91 Å². The number of carbonyl (C=O) groups excluding carboxylic acids is 1. The minimum absolute atomic E-state index is 0.0454. The van der Waals surface area contributed by atoms with Gasteiger partial charge in [-0.25, -0.2) is 18.2 Å². The van der Waals surface area contributed by atoms with E-state index in [1.165, 1.54) is 23.6 Å². The van der Waals surface area contributed by atoms with Crippen molar-refractivity contribution in [3.63, 3.8) is 0 Å². The van der Waals surface area contributed by atoms with Gasteiger partial charge in [-0.1, -0.05) is 30.0 Å². The SMILES string of the molecule is COC1(c2cc3c(N[C@H](C)c4cccc(C(F)F)c4F)nc(C)c(C#CC4(N)CC4)c3n(C)c2=O)CCN(C(C)=O)CC1. The van der Waals surface area contributed by atoms with E-state index >= 15 is 4.39 Å². The molecule has 1 atom stereocenters. The Morgan fingerprint density at radius 1 is 1.19 bits per heavy atom. The lowest BCUT2D eigenvalue weighted by atomic mass is 9.84. The second-order valence-electron chi connectivity index (χ2n) is 11.6. The van der Waals surface area contributed by atoms with Gasteiger partial charge in [-0.2, -0.15) is 0 Å². The lowest BCUT2D eigenvalue weighted by Gasteiger charge is -2.40. The molecule has 1 aliphatic heterocycles. The van der Waals surface area contributed by atoms with Crippen LogP contribution in [0.5, 0.6) is 0 Å². The Hall–Kier alpha value is -3.88. The van der Waals surface area contributed by atoms with E-state index in [-0.39, 0.29) is 17.0 Å². The van der Waals surface area contributed by atoms with Crippen LogP contribution >= 0.6 is 0 Å². The number of rotatable bonds is 6. The summed E-state index contributed by atoms with van der Waals surface area (Å²) in [6, 6.07) is 4.90. The first-order chi connectivity index (χ1) is 20.3. The molecule has 2 aromatic heterocycles. The van der Waals surface area contributed by atoms with Crippen molar-refractivity contribution < 1.29 is 22.7 Å². The molecule has 0 radical (unpaired) electrons. The summed E-state index contributed by atoms with van der Waals surface area (Å²) < 4.78 is 49.5. The number of ether oxygens (including phenoxy) is 1. The highest BCUT2D eigenvalue weighted by Gasteiger charge is 2.40. The topological polar surface area (TPSA) is 102 Å². The van der Waals surface area contributed by atoms with Crippen LogP contribution in [0.1, 0.15) is 79.9 Å². The van der Waals surface area contributed by atoms with Crippen molar-refractivity contribution >= 4 is 22.6 Å². The molecule has 0 bridgehead atoms. The number of anilines is 1. The fraction of sp³-hybridized carbons (Fsp3) is 0.469. The third-order valence-electron chi connectivity index (χ3n) is 8.78. The lowest BCUT2D eigenvalue weighted by Crippen LogP contribution is -2.48. The van der Waals surface area contributed by atoms with Gasteiger partial charge in [0.05, 0.1) is 39.5 Å². The second-order valence-corrected chi connectivity index (χ2v) is 11.6.